The first-order valence-corrected chi connectivity index (χ1v) is 9.13. The first kappa shape index (κ1) is 24.6. The van der Waals surface area contributed by atoms with E-state index in [1.54, 1.807) is 7.11 Å². The molecule has 1 N–H and O–H groups in total. The molecule has 2 aliphatic rings. The van der Waals surface area contributed by atoms with E-state index in [1.165, 1.54) is 0 Å². The van der Waals surface area contributed by atoms with E-state index in [9.17, 15) is 18.0 Å². The van der Waals surface area contributed by atoms with Crippen molar-refractivity contribution in [3.63, 3.8) is 0 Å². The lowest BCUT2D eigenvalue weighted by molar-refractivity contribution is -0.192. The molecule has 0 radical (unpaired) electrons. The number of likely N-dealkylation sites (tertiary alicyclic amines) is 1. The standard InChI is InChI=1S/C15H28N2O4.C2HF3O2/c1-3-20-12-14(18)16-6-4-15(5-7-16)13-21-11-9-17(15)8-10-19-2;3-2(4,5)1(6)7/h3-13H2,1-2H3;(H,6,7). The van der Waals surface area contributed by atoms with Crippen LogP contribution in [0.1, 0.15) is 19.8 Å². The molecule has 0 aromatic carbocycles. The molecule has 8 nitrogen and oxygen atoms in total. The number of amides is 1. The molecule has 0 aromatic heterocycles. The number of nitrogens with zero attached hydrogens (tertiary/aromatic N) is 2. The second-order valence-electron chi connectivity index (χ2n) is 6.58. The molecular formula is C17H29F3N2O6. The number of ether oxygens (including phenoxy) is 3. The lowest BCUT2D eigenvalue weighted by Gasteiger charge is -2.51. The molecule has 2 saturated heterocycles. The van der Waals surface area contributed by atoms with Crippen molar-refractivity contribution in [2.45, 2.75) is 31.5 Å². The molecule has 0 aliphatic carbocycles. The van der Waals surface area contributed by atoms with Crippen molar-refractivity contribution in [2.24, 2.45) is 0 Å². The number of aliphatic carboxylic acids is 1. The summed E-state index contributed by atoms with van der Waals surface area (Å²) in [6.45, 7) is 8.47. The third-order valence-corrected chi connectivity index (χ3v) is 4.83. The Bertz CT molecular complexity index is 496. The van der Waals surface area contributed by atoms with Gasteiger partial charge in [-0.1, -0.05) is 0 Å². The third kappa shape index (κ3) is 7.53. The Morgan fingerprint density at radius 2 is 1.82 bits per heavy atom. The van der Waals surface area contributed by atoms with Crippen LogP contribution in [0, 0.1) is 0 Å². The molecule has 0 saturated carbocycles. The van der Waals surface area contributed by atoms with E-state index in [0.29, 0.717) is 6.61 Å². The number of hydrogen-bond acceptors (Lipinski definition) is 6. The fraction of sp³-hybridized carbons (Fsp3) is 0.882. The lowest BCUT2D eigenvalue weighted by atomic mass is 9.85. The first-order chi connectivity index (χ1) is 13.2. The molecule has 1 amide bonds. The van der Waals surface area contributed by atoms with Crippen LogP contribution in [-0.4, -0.2) is 105 Å². The minimum absolute atomic E-state index is 0.0825. The van der Waals surface area contributed by atoms with Crippen LogP contribution in [0.3, 0.4) is 0 Å². The van der Waals surface area contributed by atoms with E-state index in [-0.39, 0.29) is 18.1 Å². The van der Waals surface area contributed by atoms with Crippen molar-refractivity contribution >= 4 is 11.9 Å². The molecule has 1 spiro atoms. The van der Waals surface area contributed by atoms with Crippen LogP contribution in [0.4, 0.5) is 13.2 Å². The Hall–Kier alpha value is -1.43. The molecule has 0 bridgehead atoms. The Balaban J connectivity index is 0.000000480. The average Bonchev–Trinajstić information content (AvgIpc) is 2.66. The van der Waals surface area contributed by atoms with Gasteiger partial charge in [-0.3, -0.25) is 9.69 Å². The number of carboxylic acids is 1. The first-order valence-electron chi connectivity index (χ1n) is 9.13. The number of methoxy groups -OCH3 is 1. The van der Waals surface area contributed by atoms with Crippen LogP contribution in [-0.2, 0) is 23.8 Å². The third-order valence-electron chi connectivity index (χ3n) is 4.83. The summed E-state index contributed by atoms with van der Waals surface area (Å²) in [5.41, 5.74) is 0.0825. The van der Waals surface area contributed by atoms with E-state index in [2.05, 4.69) is 4.90 Å². The van der Waals surface area contributed by atoms with Gasteiger partial charge in [0.15, 0.2) is 0 Å². The number of morpholine rings is 1. The second-order valence-corrected chi connectivity index (χ2v) is 6.58. The van der Waals surface area contributed by atoms with Crippen molar-refractivity contribution in [3.8, 4) is 0 Å². The minimum atomic E-state index is -5.08. The molecule has 0 atom stereocenters. The highest BCUT2D eigenvalue weighted by molar-refractivity contribution is 5.77. The zero-order chi connectivity index (χ0) is 21.2. The summed E-state index contributed by atoms with van der Waals surface area (Å²) in [6, 6.07) is 0. The molecule has 164 valence electrons. The van der Waals surface area contributed by atoms with E-state index >= 15 is 0 Å². The smallest absolute Gasteiger partial charge is 0.475 e. The maximum atomic E-state index is 12.0. The van der Waals surface area contributed by atoms with Gasteiger partial charge in [0.25, 0.3) is 0 Å². The van der Waals surface area contributed by atoms with Gasteiger partial charge in [-0.2, -0.15) is 13.2 Å². The van der Waals surface area contributed by atoms with E-state index in [1.807, 2.05) is 11.8 Å². The largest absolute Gasteiger partial charge is 0.490 e. The maximum Gasteiger partial charge on any atom is 0.490 e. The maximum absolute atomic E-state index is 12.0. The monoisotopic (exact) mass is 414 g/mol. The molecule has 0 aromatic rings. The number of piperidine rings is 1. The molecular weight excluding hydrogens is 385 g/mol. The van der Waals surface area contributed by atoms with Crippen molar-refractivity contribution in [1.29, 1.82) is 0 Å². The van der Waals surface area contributed by atoms with Crippen LogP contribution >= 0.6 is 0 Å². The number of hydrogen-bond donors (Lipinski definition) is 1. The number of carbonyl (C=O) groups excluding carboxylic acids is 1. The minimum Gasteiger partial charge on any atom is -0.475 e. The highest BCUT2D eigenvalue weighted by Gasteiger charge is 2.42. The molecule has 2 heterocycles. The molecule has 11 heteroatoms. The second kappa shape index (κ2) is 11.5. The summed E-state index contributed by atoms with van der Waals surface area (Å²) in [7, 11) is 1.74. The van der Waals surface area contributed by atoms with Gasteiger partial charge in [-0.05, 0) is 19.8 Å². The fourth-order valence-corrected chi connectivity index (χ4v) is 3.23. The van der Waals surface area contributed by atoms with Gasteiger partial charge in [0.1, 0.15) is 6.61 Å². The Labute approximate surface area is 162 Å². The van der Waals surface area contributed by atoms with Gasteiger partial charge in [-0.25, -0.2) is 4.79 Å². The van der Waals surface area contributed by atoms with Crippen molar-refractivity contribution in [2.75, 3.05) is 66.3 Å². The Morgan fingerprint density at radius 1 is 1.21 bits per heavy atom. The predicted octanol–water partition coefficient (Wildman–Crippen LogP) is 0.996. The quantitative estimate of drug-likeness (QED) is 0.694. The predicted molar refractivity (Wildman–Crippen MR) is 93.0 cm³/mol. The van der Waals surface area contributed by atoms with Crippen LogP contribution in [0.5, 0.6) is 0 Å². The molecule has 28 heavy (non-hydrogen) atoms. The summed E-state index contributed by atoms with van der Waals surface area (Å²) in [5, 5.41) is 7.12. The van der Waals surface area contributed by atoms with E-state index in [4.69, 9.17) is 24.1 Å². The van der Waals surface area contributed by atoms with Crippen LogP contribution in [0.2, 0.25) is 0 Å². The number of rotatable bonds is 6. The molecule has 2 fully saturated rings. The van der Waals surface area contributed by atoms with Crippen LogP contribution in [0.15, 0.2) is 0 Å². The SMILES string of the molecule is CCOCC(=O)N1CCC2(CC1)COCCN2CCOC.O=C(O)C(F)(F)F. The number of carbonyl (C=O) groups is 2. The zero-order valence-corrected chi connectivity index (χ0v) is 16.3. The highest BCUT2D eigenvalue weighted by atomic mass is 19.4. The summed E-state index contributed by atoms with van der Waals surface area (Å²) in [4.78, 5) is 25.3. The van der Waals surface area contributed by atoms with E-state index < -0.39 is 12.1 Å². The molecule has 0 unspecified atom stereocenters. The van der Waals surface area contributed by atoms with Crippen molar-refractivity contribution < 1.29 is 42.1 Å². The van der Waals surface area contributed by atoms with Gasteiger partial charge in [0.2, 0.25) is 5.91 Å². The number of carboxylic acid groups (broad SMARTS) is 1. The number of alkyl halides is 3. The van der Waals surface area contributed by atoms with Gasteiger partial charge in [0.05, 0.1) is 19.8 Å². The van der Waals surface area contributed by atoms with Gasteiger partial charge in [0, 0.05) is 45.4 Å². The summed E-state index contributed by atoms with van der Waals surface area (Å²) >= 11 is 0. The normalized spacial score (nSPS) is 19.8. The van der Waals surface area contributed by atoms with Crippen molar-refractivity contribution in [3.05, 3.63) is 0 Å². The van der Waals surface area contributed by atoms with Crippen LogP contribution in [0.25, 0.3) is 0 Å². The molecule has 2 aliphatic heterocycles. The highest BCUT2D eigenvalue weighted by Crippen LogP contribution is 2.31. The Kier molecular flexibility index (Phi) is 10.1. The van der Waals surface area contributed by atoms with Gasteiger partial charge in [-0.15, -0.1) is 0 Å². The summed E-state index contributed by atoms with van der Waals surface area (Å²) in [6.07, 6.45) is -3.15. The number of halogens is 3. The lowest BCUT2D eigenvalue weighted by Crippen LogP contribution is -2.62. The molecule has 2 rings (SSSR count). The topological polar surface area (TPSA) is 88.5 Å². The van der Waals surface area contributed by atoms with Crippen molar-refractivity contribution in [1.82, 2.24) is 9.80 Å². The average molecular weight is 414 g/mol. The summed E-state index contributed by atoms with van der Waals surface area (Å²) in [5.74, 6) is -2.65. The zero-order valence-electron chi connectivity index (χ0n) is 16.3. The Morgan fingerprint density at radius 3 is 2.32 bits per heavy atom. The van der Waals surface area contributed by atoms with Gasteiger partial charge < -0.3 is 24.2 Å². The fourth-order valence-electron chi connectivity index (χ4n) is 3.23. The van der Waals surface area contributed by atoms with E-state index in [0.717, 1.165) is 58.8 Å². The van der Waals surface area contributed by atoms with Crippen LogP contribution < -0.4 is 0 Å². The van der Waals surface area contributed by atoms with Gasteiger partial charge >= 0.3 is 12.1 Å². The summed E-state index contributed by atoms with van der Waals surface area (Å²) < 4.78 is 47.9.